The molecule has 5 nitrogen and oxygen atoms in total. The van der Waals surface area contributed by atoms with Crippen LogP contribution in [0.5, 0.6) is 0 Å². The molecule has 0 saturated carbocycles. The molecule has 0 aliphatic heterocycles. The van der Waals surface area contributed by atoms with E-state index in [0.717, 1.165) is 0 Å². The lowest BCUT2D eigenvalue weighted by atomic mass is 10.5. The van der Waals surface area contributed by atoms with Gasteiger partial charge in [-0.2, -0.15) is 13.2 Å². The Balaban J connectivity index is 4.44. The van der Waals surface area contributed by atoms with E-state index in [1.54, 1.807) is 0 Å². The van der Waals surface area contributed by atoms with Gasteiger partial charge in [0.2, 0.25) is 0 Å². The fourth-order valence-corrected chi connectivity index (χ4v) is 0.879. The standard InChI is InChI=1S/C3H7F3NO4S/c1-12(10,11)7-3(8,9)2(4,5)6/h8-11H,1H3/q-1. The lowest BCUT2D eigenvalue weighted by Crippen LogP contribution is -2.44. The Bertz CT molecular complexity index is 164. The van der Waals surface area contributed by atoms with Crippen LogP contribution in [0.15, 0.2) is 0 Å². The second kappa shape index (κ2) is 3.01. The van der Waals surface area contributed by atoms with Crippen LogP contribution in [-0.2, 0) is 0 Å². The van der Waals surface area contributed by atoms with Crippen molar-refractivity contribution in [3.05, 3.63) is 4.72 Å². The molecule has 0 fully saturated rings. The maximum atomic E-state index is 11.6. The number of rotatable bonds is 2. The van der Waals surface area contributed by atoms with Gasteiger partial charge in [0, 0.05) is 6.26 Å². The Morgan fingerprint density at radius 1 is 1.17 bits per heavy atom. The molecular weight excluding hydrogens is 203 g/mol. The van der Waals surface area contributed by atoms with Crippen LogP contribution in [0.25, 0.3) is 4.72 Å². The van der Waals surface area contributed by atoms with Crippen molar-refractivity contribution in [1.82, 2.24) is 0 Å². The SMILES string of the molecule is CS(O)(O)[N-]C(O)(O)C(F)(F)F. The topological polar surface area (TPSA) is 95.0 Å². The first-order valence-electron chi connectivity index (χ1n) is 2.44. The van der Waals surface area contributed by atoms with Crippen molar-refractivity contribution < 1.29 is 32.5 Å². The highest BCUT2D eigenvalue weighted by Crippen LogP contribution is 2.49. The normalized spacial score (nSPS) is 16.3. The number of aliphatic hydroxyl groups is 2. The summed E-state index contributed by atoms with van der Waals surface area (Å²) < 4.78 is 53.4. The van der Waals surface area contributed by atoms with Gasteiger partial charge in [0.25, 0.3) is 0 Å². The number of alkyl halides is 3. The van der Waals surface area contributed by atoms with Gasteiger partial charge in [-0.1, -0.05) is 0 Å². The fraction of sp³-hybridized carbons (Fsp3) is 1.00. The maximum Gasteiger partial charge on any atom is 0.423 e. The van der Waals surface area contributed by atoms with E-state index in [-0.39, 0.29) is 0 Å². The predicted molar refractivity (Wildman–Crippen MR) is 35.4 cm³/mol. The van der Waals surface area contributed by atoms with Gasteiger partial charge < -0.3 is 24.0 Å². The third-order valence-corrected chi connectivity index (χ3v) is 1.28. The summed E-state index contributed by atoms with van der Waals surface area (Å²) in [5.41, 5.74) is 0. The highest BCUT2D eigenvalue weighted by Gasteiger charge is 2.46. The summed E-state index contributed by atoms with van der Waals surface area (Å²) in [6, 6.07) is 0. The highest BCUT2D eigenvalue weighted by molar-refractivity contribution is 8.26. The van der Waals surface area contributed by atoms with Crippen LogP contribution in [0.2, 0.25) is 0 Å². The van der Waals surface area contributed by atoms with Crippen LogP contribution in [-0.4, -0.2) is 37.7 Å². The van der Waals surface area contributed by atoms with Gasteiger partial charge in [-0.3, -0.25) is 10.8 Å². The number of nitrogens with zero attached hydrogens (tertiary/aromatic N) is 1. The predicted octanol–water partition coefficient (Wildman–Crippen LogP) is 0.856. The molecule has 0 aliphatic rings. The molecule has 12 heavy (non-hydrogen) atoms. The molecule has 0 aromatic rings. The van der Waals surface area contributed by atoms with E-state index in [9.17, 15) is 13.2 Å². The molecule has 4 N–H and O–H groups in total. The first kappa shape index (κ1) is 11.9. The summed E-state index contributed by atoms with van der Waals surface area (Å²) in [4.78, 5) is 0. The molecule has 0 rings (SSSR count). The van der Waals surface area contributed by atoms with Gasteiger partial charge >= 0.3 is 6.18 Å². The lowest BCUT2D eigenvalue weighted by Gasteiger charge is -2.49. The van der Waals surface area contributed by atoms with E-state index < -0.39 is 22.9 Å². The van der Waals surface area contributed by atoms with Gasteiger partial charge in [0.15, 0.2) is 5.91 Å². The van der Waals surface area contributed by atoms with Crippen molar-refractivity contribution >= 4 is 10.8 Å². The number of hydrogen-bond donors (Lipinski definition) is 4. The molecular formula is C3H7F3NO4S-. The minimum absolute atomic E-state index is 0.528. The third kappa shape index (κ3) is 3.56. The summed E-state index contributed by atoms with van der Waals surface area (Å²) in [5.74, 6) is -4.42. The highest BCUT2D eigenvalue weighted by atomic mass is 32.3. The van der Waals surface area contributed by atoms with Crippen LogP contribution in [0.3, 0.4) is 0 Å². The van der Waals surface area contributed by atoms with Crippen LogP contribution in [0, 0.1) is 0 Å². The molecule has 0 bridgehead atoms. The molecule has 9 heteroatoms. The van der Waals surface area contributed by atoms with E-state index >= 15 is 0 Å². The third-order valence-electron chi connectivity index (χ3n) is 0.681. The Labute approximate surface area is 67.3 Å². The lowest BCUT2D eigenvalue weighted by molar-refractivity contribution is -0.326. The fourth-order valence-electron chi connectivity index (χ4n) is 0.293. The van der Waals surface area contributed by atoms with Crippen molar-refractivity contribution in [3.63, 3.8) is 0 Å². The van der Waals surface area contributed by atoms with Crippen LogP contribution >= 0.6 is 10.8 Å². The molecule has 76 valence electrons. The van der Waals surface area contributed by atoms with Crippen molar-refractivity contribution in [3.8, 4) is 0 Å². The smallest absolute Gasteiger partial charge is 0.423 e. The first-order chi connectivity index (χ1) is 4.96. The maximum absolute atomic E-state index is 11.6. The monoisotopic (exact) mass is 210 g/mol. The van der Waals surface area contributed by atoms with E-state index in [1.807, 2.05) is 4.72 Å². The Morgan fingerprint density at radius 2 is 1.50 bits per heavy atom. The van der Waals surface area contributed by atoms with Crippen LogP contribution in [0.4, 0.5) is 13.2 Å². The summed E-state index contributed by atoms with van der Waals surface area (Å²) in [5, 5.41) is 16.3. The van der Waals surface area contributed by atoms with E-state index in [2.05, 4.69) is 0 Å². The molecule has 0 aliphatic carbocycles. The zero-order valence-corrected chi connectivity index (χ0v) is 6.59. The molecule has 0 unspecified atom stereocenters. The van der Waals surface area contributed by atoms with Crippen molar-refractivity contribution in [2.75, 3.05) is 6.26 Å². The first-order valence-corrected chi connectivity index (χ1v) is 4.36. The number of hydrogen-bond acceptors (Lipinski definition) is 4. The molecule has 0 saturated heterocycles. The van der Waals surface area contributed by atoms with Gasteiger partial charge in [-0.15, -0.1) is 0 Å². The Morgan fingerprint density at radius 3 is 1.58 bits per heavy atom. The van der Waals surface area contributed by atoms with Crippen molar-refractivity contribution in [2.24, 2.45) is 0 Å². The van der Waals surface area contributed by atoms with Gasteiger partial charge in [-0.05, 0) is 0 Å². The average molecular weight is 210 g/mol. The molecule has 0 spiro atoms. The Hall–Kier alpha value is -0.0600. The molecule has 0 radical (unpaired) electrons. The van der Waals surface area contributed by atoms with Crippen LogP contribution < -0.4 is 0 Å². The summed E-state index contributed by atoms with van der Waals surface area (Å²) >= 11 is 0. The summed E-state index contributed by atoms with van der Waals surface area (Å²) in [6.45, 7) is 0. The number of halogens is 3. The zero-order chi connectivity index (χ0) is 10.2. The van der Waals surface area contributed by atoms with E-state index in [4.69, 9.17) is 19.3 Å². The van der Waals surface area contributed by atoms with Crippen molar-refractivity contribution in [1.29, 1.82) is 0 Å². The van der Waals surface area contributed by atoms with E-state index in [1.165, 1.54) is 0 Å². The minimum atomic E-state index is -5.45. The van der Waals surface area contributed by atoms with Gasteiger partial charge in [0.05, 0.1) is 0 Å². The second-order valence-corrected chi connectivity index (χ2v) is 3.79. The molecule has 0 atom stereocenters. The minimum Gasteiger partial charge on any atom is -0.492 e. The quantitative estimate of drug-likeness (QED) is 0.508. The van der Waals surface area contributed by atoms with Gasteiger partial charge in [0.1, 0.15) is 0 Å². The summed E-state index contributed by atoms with van der Waals surface area (Å²) in [6.07, 6.45) is -4.92. The van der Waals surface area contributed by atoms with Gasteiger partial charge in [-0.25, -0.2) is 0 Å². The molecule has 0 heterocycles. The zero-order valence-electron chi connectivity index (χ0n) is 5.78. The van der Waals surface area contributed by atoms with Crippen molar-refractivity contribution in [2.45, 2.75) is 12.1 Å². The van der Waals surface area contributed by atoms with E-state index in [0.29, 0.717) is 6.26 Å². The summed E-state index contributed by atoms with van der Waals surface area (Å²) in [7, 11) is -3.96. The average Bonchev–Trinajstić information content (AvgIpc) is 1.52. The Kier molecular flexibility index (Phi) is 3.00. The molecule has 0 aromatic heterocycles. The molecule has 0 aromatic carbocycles. The van der Waals surface area contributed by atoms with Crippen LogP contribution in [0.1, 0.15) is 0 Å². The largest absolute Gasteiger partial charge is 0.492 e. The molecule has 0 amide bonds. The second-order valence-electron chi connectivity index (χ2n) is 2.02.